The van der Waals surface area contributed by atoms with E-state index in [0.29, 0.717) is 12.1 Å². The van der Waals surface area contributed by atoms with Crippen LogP contribution >= 0.6 is 0 Å². The Balaban J connectivity index is 2.49. The van der Waals surface area contributed by atoms with Gasteiger partial charge in [0.05, 0.1) is 0 Å². The summed E-state index contributed by atoms with van der Waals surface area (Å²) in [7, 11) is 3.97. The predicted octanol–water partition coefficient (Wildman–Crippen LogP) is 4.31. The summed E-state index contributed by atoms with van der Waals surface area (Å²) in [5.74, 6) is -0.357. The van der Waals surface area contributed by atoms with Crippen molar-refractivity contribution in [2.75, 3.05) is 20.6 Å². The fourth-order valence-electron chi connectivity index (χ4n) is 3.19. The maximum atomic E-state index is 13.3. The van der Waals surface area contributed by atoms with Crippen molar-refractivity contribution in [2.45, 2.75) is 19.4 Å². The molecule has 2 aromatic carbocycles. The third kappa shape index (κ3) is 4.11. The van der Waals surface area contributed by atoms with E-state index in [4.69, 9.17) is 0 Å². The van der Waals surface area contributed by atoms with E-state index in [2.05, 4.69) is 4.90 Å². The molecule has 2 unspecified atom stereocenters. The van der Waals surface area contributed by atoms with Crippen LogP contribution in [0.25, 0.3) is 6.08 Å². The van der Waals surface area contributed by atoms with Crippen LogP contribution in [0.15, 0.2) is 60.2 Å². The van der Waals surface area contributed by atoms with Crippen molar-refractivity contribution in [3.05, 3.63) is 77.1 Å². The summed E-state index contributed by atoms with van der Waals surface area (Å²) >= 11 is 0. The third-order valence-electron chi connectivity index (χ3n) is 4.42. The first kappa shape index (κ1) is 18.4. The van der Waals surface area contributed by atoms with Gasteiger partial charge in [-0.1, -0.05) is 55.5 Å². The molecule has 2 rings (SSSR count). The van der Waals surface area contributed by atoms with E-state index in [1.54, 1.807) is 12.1 Å². The van der Waals surface area contributed by atoms with Crippen LogP contribution < -0.4 is 0 Å². The summed E-state index contributed by atoms with van der Waals surface area (Å²) in [6.45, 7) is 4.67. The molecule has 0 heterocycles. The lowest BCUT2D eigenvalue weighted by atomic mass is 9.76. The number of aliphatic hydroxyl groups is 1. The lowest BCUT2D eigenvalue weighted by Gasteiger charge is -2.37. The van der Waals surface area contributed by atoms with Gasteiger partial charge in [-0.3, -0.25) is 0 Å². The second-order valence-corrected chi connectivity index (χ2v) is 6.67. The average molecular weight is 327 g/mol. The van der Waals surface area contributed by atoms with Crippen molar-refractivity contribution < 1.29 is 9.50 Å². The monoisotopic (exact) mass is 327 g/mol. The fraction of sp³-hybridized carbons (Fsp3) is 0.333. The standard InChI is InChI=1S/C21H26FNO/c1-16(14-18-8-6-5-7-9-18)21(24,17(2)15-23(3)4)19-10-12-20(22)13-11-19/h5-14,17,24H,15H2,1-4H3/b16-14+. The van der Waals surface area contributed by atoms with E-state index in [9.17, 15) is 9.50 Å². The molecular formula is C21H26FNO. The van der Waals surface area contributed by atoms with Gasteiger partial charge in [0.15, 0.2) is 0 Å². The van der Waals surface area contributed by atoms with Crippen molar-refractivity contribution in [2.24, 2.45) is 5.92 Å². The number of rotatable bonds is 6. The van der Waals surface area contributed by atoms with Crippen LogP contribution in [-0.2, 0) is 5.60 Å². The van der Waals surface area contributed by atoms with Gasteiger partial charge in [-0.25, -0.2) is 4.39 Å². The highest BCUT2D eigenvalue weighted by atomic mass is 19.1. The largest absolute Gasteiger partial charge is 0.380 e. The van der Waals surface area contributed by atoms with E-state index in [-0.39, 0.29) is 11.7 Å². The van der Waals surface area contributed by atoms with Gasteiger partial charge >= 0.3 is 0 Å². The minimum atomic E-state index is -1.16. The highest BCUT2D eigenvalue weighted by Gasteiger charge is 2.37. The molecule has 0 amide bonds. The first-order chi connectivity index (χ1) is 11.3. The highest BCUT2D eigenvalue weighted by molar-refractivity contribution is 5.56. The second-order valence-electron chi connectivity index (χ2n) is 6.67. The summed E-state index contributed by atoms with van der Waals surface area (Å²) < 4.78 is 13.3. The molecule has 0 aliphatic rings. The van der Waals surface area contributed by atoms with Crippen LogP contribution in [0, 0.1) is 11.7 Å². The molecule has 2 aromatic rings. The van der Waals surface area contributed by atoms with Crippen LogP contribution in [-0.4, -0.2) is 30.6 Å². The van der Waals surface area contributed by atoms with Gasteiger partial charge in [0, 0.05) is 12.5 Å². The predicted molar refractivity (Wildman–Crippen MR) is 98.1 cm³/mol. The van der Waals surface area contributed by atoms with Gasteiger partial charge in [0.2, 0.25) is 0 Å². The van der Waals surface area contributed by atoms with Crippen LogP contribution in [0.4, 0.5) is 4.39 Å². The number of halogens is 1. The number of nitrogens with zero attached hydrogens (tertiary/aromatic N) is 1. The first-order valence-corrected chi connectivity index (χ1v) is 8.21. The highest BCUT2D eigenvalue weighted by Crippen LogP contribution is 2.38. The normalized spacial score (nSPS) is 16.0. The van der Waals surface area contributed by atoms with Gasteiger partial charge in [0.1, 0.15) is 11.4 Å². The summed E-state index contributed by atoms with van der Waals surface area (Å²) in [4.78, 5) is 2.05. The lowest BCUT2D eigenvalue weighted by Crippen LogP contribution is -2.40. The van der Waals surface area contributed by atoms with Gasteiger partial charge in [-0.15, -0.1) is 0 Å². The van der Waals surface area contributed by atoms with Crippen molar-refractivity contribution in [3.8, 4) is 0 Å². The Morgan fingerprint density at radius 3 is 2.25 bits per heavy atom. The Hall–Kier alpha value is -1.97. The Labute approximate surface area is 144 Å². The smallest absolute Gasteiger partial charge is 0.123 e. The zero-order chi connectivity index (χ0) is 17.7. The van der Waals surface area contributed by atoms with Crippen LogP contribution in [0.1, 0.15) is 25.0 Å². The molecule has 0 saturated heterocycles. The van der Waals surface area contributed by atoms with Crippen molar-refractivity contribution >= 4 is 6.08 Å². The van der Waals surface area contributed by atoms with Crippen LogP contribution in [0.5, 0.6) is 0 Å². The van der Waals surface area contributed by atoms with Gasteiger partial charge in [-0.2, -0.15) is 0 Å². The molecule has 0 aliphatic carbocycles. The Bertz CT molecular complexity index is 679. The molecule has 24 heavy (non-hydrogen) atoms. The van der Waals surface area contributed by atoms with E-state index < -0.39 is 5.60 Å². The first-order valence-electron chi connectivity index (χ1n) is 8.21. The zero-order valence-electron chi connectivity index (χ0n) is 14.8. The van der Waals surface area contributed by atoms with Crippen molar-refractivity contribution in [1.82, 2.24) is 4.90 Å². The SMILES string of the molecule is C/C(=C\c1ccccc1)C(O)(c1ccc(F)cc1)C(C)CN(C)C. The fourth-order valence-corrected chi connectivity index (χ4v) is 3.19. The van der Waals surface area contributed by atoms with Gasteiger partial charge in [-0.05, 0) is 49.9 Å². The molecule has 0 bridgehead atoms. The van der Waals surface area contributed by atoms with E-state index in [1.165, 1.54) is 12.1 Å². The molecular weight excluding hydrogens is 301 g/mol. The Morgan fingerprint density at radius 1 is 1.12 bits per heavy atom. The summed E-state index contributed by atoms with van der Waals surface area (Å²) in [5.41, 5.74) is 1.43. The lowest BCUT2D eigenvalue weighted by molar-refractivity contribution is 0.0105. The molecule has 3 heteroatoms. The van der Waals surface area contributed by atoms with E-state index in [1.807, 2.05) is 64.4 Å². The van der Waals surface area contributed by atoms with Crippen molar-refractivity contribution in [3.63, 3.8) is 0 Å². The van der Waals surface area contributed by atoms with Gasteiger partial charge in [0.25, 0.3) is 0 Å². The Morgan fingerprint density at radius 2 is 1.71 bits per heavy atom. The van der Waals surface area contributed by atoms with Gasteiger partial charge < -0.3 is 10.0 Å². The topological polar surface area (TPSA) is 23.5 Å². The second kappa shape index (κ2) is 7.73. The molecule has 0 saturated carbocycles. The van der Waals surface area contributed by atoms with Crippen molar-refractivity contribution in [1.29, 1.82) is 0 Å². The summed E-state index contributed by atoms with van der Waals surface area (Å²) in [6, 6.07) is 16.1. The molecule has 1 N–H and O–H groups in total. The van der Waals surface area contributed by atoms with Crippen LogP contribution in [0.3, 0.4) is 0 Å². The summed E-state index contributed by atoms with van der Waals surface area (Å²) in [5, 5.41) is 11.6. The third-order valence-corrected chi connectivity index (χ3v) is 4.42. The molecule has 128 valence electrons. The maximum Gasteiger partial charge on any atom is 0.123 e. The number of hydrogen-bond acceptors (Lipinski definition) is 2. The number of hydrogen-bond donors (Lipinski definition) is 1. The molecule has 2 nitrogen and oxygen atoms in total. The van der Waals surface area contributed by atoms with E-state index >= 15 is 0 Å². The molecule has 0 spiro atoms. The molecule has 2 atom stereocenters. The molecule has 0 radical (unpaired) electrons. The average Bonchev–Trinajstić information content (AvgIpc) is 2.55. The van der Waals surface area contributed by atoms with E-state index in [0.717, 1.165) is 11.1 Å². The minimum Gasteiger partial charge on any atom is -0.380 e. The molecule has 0 aromatic heterocycles. The maximum absolute atomic E-state index is 13.3. The quantitative estimate of drug-likeness (QED) is 0.854. The molecule has 0 aliphatic heterocycles. The number of benzene rings is 2. The summed E-state index contributed by atoms with van der Waals surface area (Å²) in [6.07, 6.45) is 2.00. The zero-order valence-corrected chi connectivity index (χ0v) is 14.8. The van der Waals surface area contributed by atoms with Crippen LogP contribution in [0.2, 0.25) is 0 Å². The minimum absolute atomic E-state index is 0.0575. The Kier molecular flexibility index (Phi) is 5.92. The molecule has 0 fully saturated rings.